The molecule has 0 bridgehead atoms. The number of benzene rings is 1. The second kappa shape index (κ2) is 3.62. The van der Waals surface area contributed by atoms with Crippen molar-refractivity contribution in [3.05, 3.63) is 35.1 Å². The first-order valence-electron chi connectivity index (χ1n) is 4.79. The summed E-state index contributed by atoms with van der Waals surface area (Å²) < 4.78 is 13.0. The Labute approximate surface area is 86.2 Å². The Balaban J connectivity index is 2.50. The van der Waals surface area contributed by atoms with Gasteiger partial charge < -0.3 is 10.2 Å². The lowest BCUT2D eigenvalue weighted by molar-refractivity contribution is -0.142. The summed E-state index contributed by atoms with van der Waals surface area (Å²) >= 11 is 0. The summed E-state index contributed by atoms with van der Waals surface area (Å²) in [5.41, 5.74) is 1.22. The average molecular weight is 210 g/mol. The zero-order chi connectivity index (χ0) is 11.0. The summed E-state index contributed by atoms with van der Waals surface area (Å²) in [4.78, 5) is 11.0. The Hall–Kier alpha value is -1.42. The van der Waals surface area contributed by atoms with Gasteiger partial charge in [-0.25, -0.2) is 4.39 Å². The number of aliphatic hydroxyl groups excluding tert-OH is 1. The molecule has 0 amide bonds. The quantitative estimate of drug-likeness (QED) is 0.734. The topological polar surface area (TPSA) is 57.5 Å². The molecule has 80 valence electrons. The van der Waals surface area contributed by atoms with Crippen molar-refractivity contribution in [3.8, 4) is 0 Å². The van der Waals surface area contributed by atoms with E-state index in [1.165, 1.54) is 12.1 Å². The summed E-state index contributed by atoms with van der Waals surface area (Å²) in [6.45, 7) is 0. The van der Waals surface area contributed by atoms with Gasteiger partial charge in [0, 0.05) is 0 Å². The van der Waals surface area contributed by atoms with Crippen molar-refractivity contribution in [3.63, 3.8) is 0 Å². The van der Waals surface area contributed by atoms with E-state index in [0.717, 1.165) is 5.56 Å². The third kappa shape index (κ3) is 1.72. The maximum absolute atomic E-state index is 13.0. The maximum atomic E-state index is 13.0. The Morgan fingerprint density at radius 1 is 1.47 bits per heavy atom. The van der Waals surface area contributed by atoms with Crippen LogP contribution in [0.1, 0.15) is 23.5 Å². The van der Waals surface area contributed by atoms with Gasteiger partial charge in [-0.1, -0.05) is 6.07 Å². The molecule has 3 nitrogen and oxygen atoms in total. The van der Waals surface area contributed by atoms with Crippen molar-refractivity contribution in [2.45, 2.75) is 24.9 Å². The van der Waals surface area contributed by atoms with Crippen LogP contribution in [0.4, 0.5) is 4.39 Å². The molecule has 0 spiro atoms. The number of rotatable bonds is 1. The van der Waals surface area contributed by atoms with Crippen molar-refractivity contribution in [2.24, 2.45) is 0 Å². The van der Waals surface area contributed by atoms with Crippen molar-refractivity contribution in [1.29, 1.82) is 0 Å². The Kier molecular flexibility index (Phi) is 2.44. The molecule has 0 radical (unpaired) electrons. The highest BCUT2D eigenvalue weighted by molar-refractivity contribution is 5.78. The van der Waals surface area contributed by atoms with Crippen molar-refractivity contribution >= 4 is 5.97 Å². The van der Waals surface area contributed by atoms with Crippen LogP contribution in [-0.2, 0) is 11.2 Å². The molecule has 0 saturated carbocycles. The first-order chi connectivity index (χ1) is 7.09. The molecule has 0 fully saturated rings. The van der Waals surface area contributed by atoms with E-state index in [0.29, 0.717) is 18.4 Å². The van der Waals surface area contributed by atoms with Gasteiger partial charge in [0.1, 0.15) is 11.7 Å². The monoisotopic (exact) mass is 210 g/mol. The van der Waals surface area contributed by atoms with Crippen LogP contribution < -0.4 is 0 Å². The number of aliphatic hydroxyl groups is 1. The van der Waals surface area contributed by atoms with Crippen LogP contribution in [0.2, 0.25) is 0 Å². The SMILES string of the molecule is O=C(O)C1c2cc(F)ccc2CCC1O. The van der Waals surface area contributed by atoms with Crippen LogP contribution >= 0.6 is 0 Å². The van der Waals surface area contributed by atoms with Gasteiger partial charge in [0.25, 0.3) is 0 Å². The molecule has 4 heteroatoms. The summed E-state index contributed by atoms with van der Waals surface area (Å²) in [7, 11) is 0. The fourth-order valence-corrected chi connectivity index (χ4v) is 2.06. The van der Waals surface area contributed by atoms with Crippen molar-refractivity contribution in [1.82, 2.24) is 0 Å². The second-order valence-corrected chi connectivity index (χ2v) is 3.77. The Morgan fingerprint density at radius 2 is 2.20 bits per heavy atom. The lowest BCUT2D eigenvalue weighted by Crippen LogP contribution is -2.31. The number of carboxylic acids is 1. The molecule has 15 heavy (non-hydrogen) atoms. The molecule has 1 aromatic rings. The highest BCUT2D eigenvalue weighted by Crippen LogP contribution is 2.32. The number of hydrogen-bond donors (Lipinski definition) is 2. The molecule has 0 saturated heterocycles. The van der Waals surface area contributed by atoms with Crippen molar-refractivity contribution in [2.75, 3.05) is 0 Å². The molecular weight excluding hydrogens is 199 g/mol. The lowest BCUT2D eigenvalue weighted by Gasteiger charge is -2.27. The van der Waals surface area contributed by atoms with Gasteiger partial charge in [-0.15, -0.1) is 0 Å². The summed E-state index contributed by atoms with van der Waals surface area (Å²) in [6.07, 6.45) is 0.0904. The predicted octanol–water partition coefficient (Wildman–Crippen LogP) is 1.30. The van der Waals surface area contributed by atoms with Gasteiger partial charge in [0.15, 0.2) is 0 Å². The minimum atomic E-state index is -1.10. The molecule has 0 aliphatic heterocycles. The predicted molar refractivity (Wildman–Crippen MR) is 51.1 cm³/mol. The minimum Gasteiger partial charge on any atom is -0.481 e. The third-order valence-corrected chi connectivity index (χ3v) is 2.80. The Bertz CT molecular complexity index is 403. The first kappa shape index (κ1) is 10.1. The summed E-state index contributed by atoms with van der Waals surface area (Å²) in [5, 5.41) is 18.5. The van der Waals surface area contributed by atoms with Gasteiger partial charge in [-0.3, -0.25) is 4.79 Å². The summed E-state index contributed by atoms with van der Waals surface area (Å²) in [6, 6.07) is 4.11. The lowest BCUT2D eigenvalue weighted by atomic mass is 9.81. The Morgan fingerprint density at radius 3 is 2.87 bits per heavy atom. The average Bonchev–Trinajstić information content (AvgIpc) is 2.16. The fourth-order valence-electron chi connectivity index (χ4n) is 2.06. The normalized spacial score (nSPS) is 24.7. The maximum Gasteiger partial charge on any atom is 0.313 e. The van der Waals surface area contributed by atoms with E-state index in [1.54, 1.807) is 6.07 Å². The highest BCUT2D eigenvalue weighted by atomic mass is 19.1. The number of carboxylic acid groups (broad SMARTS) is 1. The van der Waals surface area contributed by atoms with Crippen molar-refractivity contribution < 1.29 is 19.4 Å². The number of fused-ring (bicyclic) bond motifs is 1. The van der Waals surface area contributed by atoms with Gasteiger partial charge in [-0.05, 0) is 36.1 Å². The van der Waals surface area contributed by atoms with Crippen LogP contribution in [0.3, 0.4) is 0 Å². The van der Waals surface area contributed by atoms with Crippen LogP contribution in [-0.4, -0.2) is 22.3 Å². The minimum absolute atomic E-state index is 0.404. The van der Waals surface area contributed by atoms with E-state index >= 15 is 0 Å². The van der Waals surface area contributed by atoms with E-state index < -0.39 is 23.8 Å². The molecule has 1 aliphatic carbocycles. The number of aliphatic carboxylic acids is 1. The fraction of sp³-hybridized carbons (Fsp3) is 0.364. The first-order valence-corrected chi connectivity index (χ1v) is 4.79. The number of hydrogen-bond acceptors (Lipinski definition) is 2. The molecule has 2 unspecified atom stereocenters. The van der Waals surface area contributed by atoms with Crippen LogP contribution in [0.5, 0.6) is 0 Å². The van der Waals surface area contributed by atoms with Crippen LogP contribution in [0.25, 0.3) is 0 Å². The second-order valence-electron chi connectivity index (χ2n) is 3.77. The van der Waals surface area contributed by atoms with Crippen LogP contribution in [0, 0.1) is 5.82 Å². The summed E-state index contributed by atoms with van der Waals surface area (Å²) in [5.74, 6) is -2.56. The molecular formula is C11H11FO3. The molecule has 1 aliphatic rings. The van der Waals surface area contributed by atoms with Crippen LogP contribution in [0.15, 0.2) is 18.2 Å². The molecule has 2 atom stereocenters. The molecule has 2 N–H and O–H groups in total. The largest absolute Gasteiger partial charge is 0.481 e. The van der Waals surface area contributed by atoms with Gasteiger partial charge in [-0.2, -0.15) is 0 Å². The smallest absolute Gasteiger partial charge is 0.313 e. The zero-order valence-corrected chi connectivity index (χ0v) is 7.98. The van der Waals surface area contributed by atoms with E-state index in [9.17, 15) is 14.3 Å². The molecule has 1 aromatic carbocycles. The third-order valence-electron chi connectivity index (χ3n) is 2.80. The molecule has 2 rings (SSSR count). The highest BCUT2D eigenvalue weighted by Gasteiger charge is 2.33. The number of aryl methyl sites for hydroxylation is 1. The number of carbonyl (C=O) groups is 1. The van der Waals surface area contributed by atoms with Gasteiger partial charge in [0.05, 0.1) is 6.10 Å². The van der Waals surface area contributed by atoms with E-state index in [4.69, 9.17) is 5.11 Å². The van der Waals surface area contributed by atoms with Gasteiger partial charge in [0.2, 0.25) is 0 Å². The zero-order valence-electron chi connectivity index (χ0n) is 7.98. The van der Waals surface area contributed by atoms with E-state index in [-0.39, 0.29) is 0 Å². The molecule has 0 heterocycles. The van der Waals surface area contributed by atoms with E-state index in [1.807, 2.05) is 0 Å². The molecule has 0 aromatic heterocycles. The standard InChI is InChI=1S/C11H11FO3/c12-7-3-1-6-2-4-9(13)10(11(14)15)8(6)5-7/h1,3,5,9-10,13H,2,4H2,(H,14,15). The number of halogens is 1. The van der Waals surface area contributed by atoms with Gasteiger partial charge >= 0.3 is 5.97 Å². The van der Waals surface area contributed by atoms with E-state index in [2.05, 4.69) is 0 Å².